The topological polar surface area (TPSA) is 41.6 Å². The summed E-state index contributed by atoms with van der Waals surface area (Å²) in [5.74, 6) is 0.462. The van der Waals surface area contributed by atoms with Gasteiger partial charge in [-0.05, 0) is 19.1 Å². The molecule has 98 valence electrons. The fourth-order valence-corrected chi connectivity index (χ4v) is 2.40. The van der Waals surface area contributed by atoms with Crippen molar-refractivity contribution in [2.45, 2.75) is 13.0 Å². The summed E-state index contributed by atoms with van der Waals surface area (Å²) in [5, 5.41) is 3.74. The molecule has 4 nitrogen and oxygen atoms in total. The zero-order chi connectivity index (χ0) is 13.1. The Morgan fingerprint density at radius 1 is 1.56 bits per heavy atom. The van der Waals surface area contributed by atoms with Crippen LogP contribution in [0.2, 0.25) is 5.02 Å². The van der Waals surface area contributed by atoms with Crippen molar-refractivity contribution in [2.75, 3.05) is 26.7 Å². The summed E-state index contributed by atoms with van der Waals surface area (Å²) in [7, 11) is 1.54. The van der Waals surface area contributed by atoms with Gasteiger partial charge in [0.05, 0.1) is 12.1 Å². The molecule has 5 heteroatoms. The third-order valence-electron chi connectivity index (χ3n) is 3.07. The number of methoxy groups -OCH3 is 1. The van der Waals surface area contributed by atoms with Gasteiger partial charge in [-0.25, -0.2) is 0 Å². The number of halogens is 1. The molecular formula is C13H17ClN2O2. The average molecular weight is 269 g/mol. The van der Waals surface area contributed by atoms with Gasteiger partial charge in [0.25, 0.3) is 5.91 Å². The maximum absolute atomic E-state index is 12.5. The van der Waals surface area contributed by atoms with Crippen molar-refractivity contribution >= 4 is 17.5 Å². The van der Waals surface area contributed by atoms with Crippen LogP contribution in [-0.4, -0.2) is 43.6 Å². The molecule has 0 unspecified atom stereocenters. The second-order valence-electron chi connectivity index (χ2n) is 4.42. The molecule has 2 rings (SSSR count). The van der Waals surface area contributed by atoms with Gasteiger partial charge in [0, 0.05) is 25.7 Å². The van der Waals surface area contributed by atoms with E-state index in [1.807, 2.05) is 4.90 Å². The van der Waals surface area contributed by atoms with Crippen molar-refractivity contribution in [1.29, 1.82) is 0 Å². The minimum Gasteiger partial charge on any atom is -0.496 e. The number of carbonyl (C=O) groups is 1. The molecule has 1 aromatic carbocycles. The van der Waals surface area contributed by atoms with Crippen LogP contribution in [0.25, 0.3) is 0 Å². The van der Waals surface area contributed by atoms with E-state index < -0.39 is 0 Å². The summed E-state index contributed by atoms with van der Waals surface area (Å²) in [5.41, 5.74) is 0.454. The van der Waals surface area contributed by atoms with Crippen molar-refractivity contribution in [3.63, 3.8) is 0 Å². The molecule has 0 saturated carbocycles. The number of nitrogens with zero attached hydrogens (tertiary/aromatic N) is 1. The standard InChI is InChI=1S/C13H17ClN2O2/c1-9-8-16(7-6-15-9)13(17)12-10(14)4-3-5-11(12)18-2/h3-5,9,15H,6-8H2,1-2H3/t9-/m1/s1. The first-order chi connectivity index (χ1) is 8.63. The van der Waals surface area contributed by atoms with Crippen LogP contribution < -0.4 is 10.1 Å². The molecular weight excluding hydrogens is 252 g/mol. The van der Waals surface area contributed by atoms with Gasteiger partial charge in [0.2, 0.25) is 0 Å². The summed E-state index contributed by atoms with van der Waals surface area (Å²) < 4.78 is 5.22. The number of carbonyl (C=O) groups excluding carboxylic acids is 1. The fourth-order valence-electron chi connectivity index (χ4n) is 2.16. The van der Waals surface area contributed by atoms with E-state index in [-0.39, 0.29) is 5.91 Å². The first-order valence-electron chi connectivity index (χ1n) is 5.98. The molecule has 1 fully saturated rings. The largest absolute Gasteiger partial charge is 0.496 e. The molecule has 0 bridgehead atoms. The fraction of sp³-hybridized carbons (Fsp3) is 0.462. The summed E-state index contributed by atoms with van der Waals surface area (Å²) in [6, 6.07) is 5.54. The molecule has 0 aromatic heterocycles. The molecule has 1 atom stereocenters. The Bertz CT molecular complexity index is 451. The number of piperazine rings is 1. The molecule has 0 radical (unpaired) electrons. The van der Waals surface area contributed by atoms with Crippen LogP contribution >= 0.6 is 11.6 Å². The van der Waals surface area contributed by atoms with Crippen LogP contribution in [-0.2, 0) is 0 Å². The summed E-state index contributed by atoms with van der Waals surface area (Å²) in [4.78, 5) is 14.3. The first-order valence-corrected chi connectivity index (χ1v) is 6.36. The monoisotopic (exact) mass is 268 g/mol. The van der Waals surface area contributed by atoms with E-state index in [0.717, 1.165) is 6.54 Å². The predicted molar refractivity (Wildman–Crippen MR) is 71.4 cm³/mol. The molecule has 1 aliphatic rings. The number of benzene rings is 1. The second kappa shape index (κ2) is 5.59. The van der Waals surface area contributed by atoms with E-state index in [2.05, 4.69) is 12.2 Å². The Morgan fingerprint density at radius 3 is 3.00 bits per heavy atom. The average Bonchev–Trinajstić information content (AvgIpc) is 2.37. The van der Waals surface area contributed by atoms with Gasteiger partial charge in [0.15, 0.2) is 0 Å². The van der Waals surface area contributed by atoms with Crippen molar-refractivity contribution in [2.24, 2.45) is 0 Å². The highest BCUT2D eigenvalue weighted by atomic mass is 35.5. The summed E-state index contributed by atoms with van der Waals surface area (Å²) >= 11 is 6.12. The van der Waals surface area contributed by atoms with Crippen molar-refractivity contribution in [3.05, 3.63) is 28.8 Å². The number of nitrogens with one attached hydrogen (secondary N) is 1. The molecule has 1 amide bonds. The van der Waals surface area contributed by atoms with Crippen LogP contribution in [0.3, 0.4) is 0 Å². The summed E-state index contributed by atoms with van der Waals surface area (Å²) in [6.45, 7) is 4.24. The lowest BCUT2D eigenvalue weighted by Gasteiger charge is -2.32. The smallest absolute Gasteiger partial charge is 0.259 e. The SMILES string of the molecule is COc1cccc(Cl)c1C(=O)N1CCN[C@H](C)C1. The highest BCUT2D eigenvalue weighted by Gasteiger charge is 2.25. The third kappa shape index (κ3) is 2.60. The Kier molecular flexibility index (Phi) is 4.09. The predicted octanol–water partition coefficient (Wildman–Crippen LogP) is 1.78. The molecule has 1 heterocycles. The van der Waals surface area contributed by atoms with Gasteiger partial charge in [-0.3, -0.25) is 4.79 Å². The van der Waals surface area contributed by atoms with Gasteiger partial charge in [-0.1, -0.05) is 17.7 Å². The first kappa shape index (κ1) is 13.2. The Labute approximate surface area is 112 Å². The number of rotatable bonds is 2. The minimum atomic E-state index is -0.0641. The van der Waals surface area contributed by atoms with E-state index in [4.69, 9.17) is 16.3 Å². The van der Waals surface area contributed by atoms with Crippen LogP contribution in [0.5, 0.6) is 5.75 Å². The van der Waals surface area contributed by atoms with E-state index in [1.165, 1.54) is 0 Å². The van der Waals surface area contributed by atoms with Crippen molar-refractivity contribution in [3.8, 4) is 5.75 Å². The Morgan fingerprint density at radius 2 is 2.33 bits per heavy atom. The van der Waals surface area contributed by atoms with Crippen LogP contribution in [0, 0.1) is 0 Å². The Balaban J connectivity index is 2.28. The van der Waals surface area contributed by atoms with Crippen LogP contribution in [0.1, 0.15) is 17.3 Å². The lowest BCUT2D eigenvalue weighted by atomic mass is 10.1. The van der Waals surface area contributed by atoms with Crippen LogP contribution in [0.15, 0.2) is 18.2 Å². The van der Waals surface area contributed by atoms with Gasteiger partial charge in [-0.15, -0.1) is 0 Å². The van der Waals surface area contributed by atoms with Crippen LogP contribution in [0.4, 0.5) is 0 Å². The number of ether oxygens (including phenoxy) is 1. The lowest BCUT2D eigenvalue weighted by molar-refractivity contribution is 0.0706. The van der Waals surface area contributed by atoms with Gasteiger partial charge in [-0.2, -0.15) is 0 Å². The maximum atomic E-state index is 12.5. The van der Waals surface area contributed by atoms with Crippen molar-refractivity contribution in [1.82, 2.24) is 10.2 Å². The second-order valence-corrected chi connectivity index (χ2v) is 4.83. The van der Waals surface area contributed by atoms with Gasteiger partial charge >= 0.3 is 0 Å². The van der Waals surface area contributed by atoms with E-state index in [0.29, 0.717) is 35.5 Å². The quantitative estimate of drug-likeness (QED) is 0.889. The molecule has 1 aliphatic heterocycles. The van der Waals surface area contributed by atoms with E-state index in [9.17, 15) is 4.79 Å². The normalized spacial score (nSPS) is 19.7. The molecule has 18 heavy (non-hydrogen) atoms. The van der Waals surface area contributed by atoms with E-state index >= 15 is 0 Å². The molecule has 1 N–H and O–H groups in total. The minimum absolute atomic E-state index is 0.0641. The summed E-state index contributed by atoms with van der Waals surface area (Å²) in [6.07, 6.45) is 0. The third-order valence-corrected chi connectivity index (χ3v) is 3.38. The highest BCUT2D eigenvalue weighted by molar-refractivity contribution is 6.34. The number of hydrogen-bond acceptors (Lipinski definition) is 3. The molecule has 1 aromatic rings. The van der Waals surface area contributed by atoms with E-state index in [1.54, 1.807) is 25.3 Å². The van der Waals surface area contributed by atoms with Gasteiger partial charge in [0.1, 0.15) is 11.3 Å². The molecule has 0 aliphatic carbocycles. The lowest BCUT2D eigenvalue weighted by Crippen LogP contribution is -2.51. The number of amides is 1. The molecule has 1 saturated heterocycles. The Hall–Kier alpha value is -1.26. The molecule has 0 spiro atoms. The maximum Gasteiger partial charge on any atom is 0.259 e. The highest BCUT2D eigenvalue weighted by Crippen LogP contribution is 2.27. The number of hydrogen-bond donors (Lipinski definition) is 1. The van der Waals surface area contributed by atoms with Gasteiger partial charge < -0.3 is 15.0 Å². The van der Waals surface area contributed by atoms with Crippen molar-refractivity contribution < 1.29 is 9.53 Å². The zero-order valence-electron chi connectivity index (χ0n) is 10.6. The zero-order valence-corrected chi connectivity index (χ0v) is 11.3.